The number of aliphatic hydroxyl groups excluding tert-OH is 1. The topological polar surface area (TPSA) is 92.5 Å². The molecule has 1 aliphatic heterocycles. The number of carbonyl (C=O) groups is 2. The number of para-hydroxylation sites is 2. The Morgan fingerprint density at radius 2 is 1.80 bits per heavy atom. The van der Waals surface area contributed by atoms with Crippen LogP contribution >= 0.6 is 11.6 Å². The number of furan rings is 1. The van der Waals surface area contributed by atoms with Gasteiger partial charge >= 0.3 is 0 Å². The zero-order valence-electron chi connectivity index (χ0n) is 22.6. The van der Waals surface area contributed by atoms with Crippen LogP contribution in [-0.4, -0.2) is 44.6 Å². The maximum Gasteiger partial charge on any atom is 0.294 e. The number of ether oxygens (including phenoxy) is 2. The van der Waals surface area contributed by atoms with Crippen molar-refractivity contribution >= 4 is 45.6 Å². The van der Waals surface area contributed by atoms with E-state index >= 15 is 0 Å². The second-order valence-corrected chi connectivity index (χ2v) is 10.0. The highest BCUT2D eigenvalue weighted by atomic mass is 35.5. The Morgan fingerprint density at radius 3 is 2.48 bits per heavy atom. The molecule has 0 aliphatic carbocycles. The normalized spacial score (nSPS) is 15.2. The van der Waals surface area contributed by atoms with Crippen molar-refractivity contribution in [1.82, 2.24) is 0 Å². The number of nitrogens with zero attached hydrogens (tertiary/aromatic N) is 2. The largest absolute Gasteiger partial charge is 0.503 e. The summed E-state index contributed by atoms with van der Waals surface area (Å²) in [4.78, 5) is 31.1. The van der Waals surface area contributed by atoms with Gasteiger partial charge in [-0.3, -0.25) is 14.5 Å². The zero-order chi connectivity index (χ0) is 28.6. The van der Waals surface area contributed by atoms with Gasteiger partial charge in [0.15, 0.2) is 22.9 Å². The predicted molar refractivity (Wildman–Crippen MR) is 155 cm³/mol. The lowest BCUT2D eigenvalue weighted by atomic mass is 9.94. The Balaban J connectivity index is 1.66. The Kier molecular flexibility index (Phi) is 7.45. The average molecular weight is 561 g/mol. The average Bonchev–Trinajstić information content (AvgIpc) is 3.50. The number of fused-ring (bicyclic) bond motifs is 1. The van der Waals surface area contributed by atoms with Gasteiger partial charge in [-0.1, -0.05) is 42.8 Å². The number of ketones is 1. The molecule has 3 aromatic carbocycles. The smallest absolute Gasteiger partial charge is 0.294 e. The van der Waals surface area contributed by atoms with Crippen molar-refractivity contribution < 1.29 is 28.6 Å². The van der Waals surface area contributed by atoms with E-state index in [2.05, 4.69) is 0 Å². The van der Waals surface area contributed by atoms with Crippen LogP contribution in [0.1, 0.15) is 35.5 Å². The molecule has 1 amide bonds. The fourth-order valence-electron chi connectivity index (χ4n) is 4.83. The highest BCUT2D eigenvalue weighted by Crippen LogP contribution is 2.45. The monoisotopic (exact) mass is 560 g/mol. The van der Waals surface area contributed by atoms with Gasteiger partial charge in [-0.05, 0) is 48.4 Å². The minimum Gasteiger partial charge on any atom is -0.503 e. The van der Waals surface area contributed by atoms with Gasteiger partial charge in [0.1, 0.15) is 5.75 Å². The number of hydrogen-bond acceptors (Lipinski definition) is 7. The van der Waals surface area contributed by atoms with Gasteiger partial charge in [0.25, 0.3) is 5.91 Å². The number of amides is 1. The molecule has 1 aromatic heterocycles. The van der Waals surface area contributed by atoms with Crippen molar-refractivity contribution in [3.63, 3.8) is 0 Å². The highest BCUT2D eigenvalue weighted by Gasteiger charge is 2.46. The Bertz CT molecular complexity index is 1620. The van der Waals surface area contributed by atoms with E-state index in [1.54, 1.807) is 30.3 Å². The van der Waals surface area contributed by atoms with Gasteiger partial charge in [-0.2, -0.15) is 0 Å². The number of carbonyl (C=O) groups excluding carboxylic acids is 2. The molecule has 1 unspecified atom stereocenters. The van der Waals surface area contributed by atoms with Crippen LogP contribution in [0.3, 0.4) is 0 Å². The summed E-state index contributed by atoms with van der Waals surface area (Å²) < 4.78 is 17.2. The molecule has 0 radical (unpaired) electrons. The van der Waals surface area contributed by atoms with Gasteiger partial charge in [0, 0.05) is 36.3 Å². The van der Waals surface area contributed by atoms with E-state index in [4.69, 9.17) is 25.5 Å². The van der Waals surface area contributed by atoms with E-state index in [1.807, 2.05) is 56.3 Å². The molecule has 0 saturated heterocycles. The molecular formula is C31H29ClN2O6. The molecule has 0 fully saturated rings. The van der Waals surface area contributed by atoms with Crippen LogP contribution in [-0.2, 0) is 4.79 Å². The van der Waals surface area contributed by atoms with Crippen molar-refractivity contribution in [2.45, 2.75) is 19.4 Å². The molecule has 1 N–H and O–H groups in total. The first-order valence-corrected chi connectivity index (χ1v) is 13.2. The lowest BCUT2D eigenvalue weighted by Crippen LogP contribution is -2.31. The molecule has 4 aromatic rings. The minimum absolute atomic E-state index is 0.0582. The number of benzene rings is 3. The standard InChI is InChI=1S/C31H29ClN2O6/c1-5-14-39-23-9-7-6-8-22(23)34-27(18-10-12-21(13-11-18)33(2)3)26(29(36)31(34)37)28(35)24-16-19-15-20(32)17-25(38-4)30(19)40-24/h6-13,15-17,27,36H,5,14H2,1-4H3. The number of aliphatic hydroxyl groups is 1. The summed E-state index contributed by atoms with van der Waals surface area (Å²) in [5.74, 6) is -1.22. The summed E-state index contributed by atoms with van der Waals surface area (Å²) in [5, 5.41) is 12.2. The molecule has 206 valence electrons. The Labute approximate surface area is 237 Å². The third-order valence-electron chi connectivity index (χ3n) is 6.76. The van der Waals surface area contributed by atoms with Crippen LogP contribution in [0, 0.1) is 0 Å². The first kappa shape index (κ1) is 27.1. The summed E-state index contributed by atoms with van der Waals surface area (Å²) in [6.45, 7) is 2.42. The summed E-state index contributed by atoms with van der Waals surface area (Å²) in [6.07, 6.45) is 0.768. The van der Waals surface area contributed by atoms with Crippen LogP contribution < -0.4 is 19.3 Å². The molecular weight excluding hydrogens is 532 g/mol. The molecule has 0 spiro atoms. The van der Waals surface area contributed by atoms with Gasteiger partial charge < -0.3 is 23.9 Å². The molecule has 0 bridgehead atoms. The summed E-state index contributed by atoms with van der Waals surface area (Å²) in [6, 6.07) is 18.4. The van der Waals surface area contributed by atoms with Crippen LogP contribution in [0.15, 0.2) is 82.5 Å². The molecule has 40 heavy (non-hydrogen) atoms. The molecule has 1 atom stereocenters. The first-order chi connectivity index (χ1) is 19.2. The third-order valence-corrected chi connectivity index (χ3v) is 6.97. The zero-order valence-corrected chi connectivity index (χ0v) is 23.4. The number of halogens is 1. The van der Waals surface area contributed by atoms with Crippen LogP contribution in [0.5, 0.6) is 11.5 Å². The molecule has 9 heteroatoms. The lowest BCUT2D eigenvalue weighted by Gasteiger charge is -2.28. The van der Waals surface area contributed by atoms with E-state index in [0.717, 1.165) is 12.1 Å². The van der Waals surface area contributed by atoms with Crippen molar-refractivity contribution in [3.05, 3.63) is 94.4 Å². The SMILES string of the molecule is CCCOc1ccccc1N1C(=O)C(O)=C(C(=O)c2cc3cc(Cl)cc(OC)c3o2)C1c1ccc(N(C)C)cc1. The number of hydrogen-bond donors (Lipinski definition) is 1. The van der Waals surface area contributed by atoms with Crippen molar-refractivity contribution in [1.29, 1.82) is 0 Å². The van der Waals surface area contributed by atoms with Gasteiger partial charge in [0.05, 0.1) is 31.0 Å². The van der Waals surface area contributed by atoms with E-state index in [0.29, 0.717) is 45.3 Å². The van der Waals surface area contributed by atoms with Crippen LogP contribution in [0.4, 0.5) is 11.4 Å². The van der Waals surface area contributed by atoms with E-state index < -0.39 is 23.5 Å². The molecule has 8 nitrogen and oxygen atoms in total. The molecule has 2 heterocycles. The number of methoxy groups -OCH3 is 1. The quantitative estimate of drug-likeness (QED) is 0.227. The Hall–Kier alpha value is -4.43. The van der Waals surface area contributed by atoms with E-state index in [-0.39, 0.29) is 11.3 Å². The van der Waals surface area contributed by atoms with E-state index in [9.17, 15) is 14.7 Å². The lowest BCUT2D eigenvalue weighted by molar-refractivity contribution is -0.117. The molecule has 1 aliphatic rings. The maximum atomic E-state index is 14.0. The van der Waals surface area contributed by atoms with Gasteiger partial charge in [-0.15, -0.1) is 0 Å². The van der Waals surface area contributed by atoms with Crippen molar-refractivity contribution in [2.24, 2.45) is 0 Å². The van der Waals surface area contributed by atoms with Crippen molar-refractivity contribution in [2.75, 3.05) is 37.6 Å². The predicted octanol–water partition coefficient (Wildman–Crippen LogP) is 6.73. The number of anilines is 2. The van der Waals surface area contributed by atoms with Crippen LogP contribution in [0.25, 0.3) is 11.0 Å². The van der Waals surface area contributed by atoms with Crippen LogP contribution in [0.2, 0.25) is 5.02 Å². The van der Waals surface area contributed by atoms with Crippen molar-refractivity contribution in [3.8, 4) is 11.5 Å². The fraction of sp³-hybridized carbons (Fsp3) is 0.226. The fourth-order valence-corrected chi connectivity index (χ4v) is 5.04. The number of rotatable bonds is 9. The second kappa shape index (κ2) is 11.0. The summed E-state index contributed by atoms with van der Waals surface area (Å²) in [5.41, 5.74) is 2.25. The van der Waals surface area contributed by atoms with Gasteiger partial charge in [0.2, 0.25) is 5.78 Å². The minimum atomic E-state index is -0.943. The summed E-state index contributed by atoms with van der Waals surface area (Å²) in [7, 11) is 5.32. The molecule has 5 rings (SSSR count). The van der Waals surface area contributed by atoms with E-state index in [1.165, 1.54) is 18.1 Å². The highest BCUT2D eigenvalue weighted by molar-refractivity contribution is 6.31. The third kappa shape index (κ3) is 4.75. The number of Topliss-reactive ketones (excluding diaryl/α,β-unsaturated/α-hetero) is 1. The maximum absolute atomic E-state index is 14.0. The Morgan fingerprint density at radius 1 is 1.07 bits per heavy atom. The first-order valence-electron chi connectivity index (χ1n) is 12.8. The second-order valence-electron chi connectivity index (χ2n) is 9.61. The van der Waals surface area contributed by atoms with Gasteiger partial charge in [-0.25, -0.2) is 0 Å². The summed E-state index contributed by atoms with van der Waals surface area (Å²) >= 11 is 6.21. The molecule has 0 saturated carbocycles.